The zero-order valence-corrected chi connectivity index (χ0v) is 17.4. The first-order valence-corrected chi connectivity index (χ1v) is 10.7. The van der Waals surface area contributed by atoms with Crippen LogP contribution in [0.1, 0.15) is 11.5 Å². The first-order chi connectivity index (χ1) is 14.7. The zero-order valence-electron chi connectivity index (χ0n) is 16.6. The van der Waals surface area contributed by atoms with Crippen molar-refractivity contribution in [1.29, 1.82) is 0 Å². The summed E-state index contributed by atoms with van der Waals surface area (Å²) in [5.74, 6) is 2.34. The third-order valence-corrected chi connectivity index (χ3v) is 5.81. The van der Waals surface area contributed by atoms with Gasteiger partial charge in [0.2, 0.25) is 0 Å². The first kappa shape index (κ1) is 18.8. The third kappa shape index (κ3) is 4.05. The monoisotopic (exact) mass is 422 g/mol. The minimum absolute atomic E-state index is 0.692. The predicted molar refractivity (Wildman–Crippen MR) is 116 cm³/mol. The molecule has 0 aliphatic carbocycles. The summed E-state index contributed by atoms with van der Waals surface area (Å²) in [6, 6.07) is 6.11. The molecule has 2 N–H and O–H groups in total. The van der Waals surface area contributed by atoms with Crippen LogP contribution in [-0.2, 0) is 6.54 Å². The molecule has 10 heteroatoms. The van der Waals surface area contributed by atoms with E-state index in [4.69, 9.17) is 9.51 Å². The van der Waals surface area contributed by atoms with Crippen molar-refractivity contribution in [2.45, 2.75) is 13.5 Å². The molecule has 1 aliphatic rings. The van der Waals surface area contributed by atoms with E-state index in [1.807, 2.05) is 23.7 Å². The molecule has 9 nitrogen and oxygen atoms in total. The summed E-state index contributed by atoms with van der Waals surface area (Å²) in [6.07, 6.45) is 5.31. The van der Waals surface area contributed by atoms with Crippen LogP contribution in [0, 0.1) is 6.92 Å². The number of nitrogens with one attached hydrogen (secondary N) is 2. The molecule has 0 saturated carbocycles. The fraction of sp³-hybridized carbons (Fsp3) is 0.300. The molecule has 5 rings (SSSR count). The number of anilines is 3. The van der Waals surface area contributed by atoms with Crippen LogP contribution in [0.25, 0.3) is 11.5 Å². The molecule has 0 unspecified atom stereocenters. The highest BCUT2D eigenvalue weighted by Gasteiger charge is 2.21. The molecule has 0 bridgehead atoms. The summed E-state index contributed by atoms with van der Waals surface area (Å²) in [4.78, 5) is 21.1. The number of imidazole rings is 1. The Bertz CT molecular complexity index is 1080. The predicted octanol–water partition coefficient (Wildman–Crippen LogP) is 3.29. The van der Waals surface area contributed by atoms with E-state index in [-0.39, 0.29) is 0 Å². The second kappa shape index (κ2) is 8.25. The molecule has 30 heavy (non-hydrogen) atoms. The minimum atomic E-state index is 0.692. The number of hydrogen-bond acceptors (Lipinski definition) is 9. The lowest BCUT2D eigenvalue weighted by Crippen LogP contribution is -2.46. The lowest BCUT2D eigenvalue weighted by atomic mass is 10.2. The normalized spacial score (nSPS) is 14.9. The summed E-state index contributed by atoms with van der Waals surface area (Å²) in [5, 5.41) is 9.97. The van der Waals surface area contributed by atoms with Gasteiger partial charge in [-0.15, -0.1) is 11.3 Å². The molecule has 0 aromatic carbocycles. The van der Waals surface area contributed by atoms with Crippen LogP contribution in [0.3, 0.4) is 0 Å². The molecule has 1 saturated heterocycles. The van der Waals surface area contributed by atoms with E-state index >= 15 is 0 Å². The van der Waals surface area contributed by atoms with Crippen LogP contribution in [0.2, 0.25) is 0 Å². The largest absolute Gasteiger partial charge is 0.368 e. The summed E-state index contributed by atoms with van der Waals surface area (Å²) in [7, 11) is 0. The van der Waals surface area contributed by atoms with Crippen molar-refractivity contribution in [3.8, 4) is 11.5 Å². The molecular formula is C20H22N8OS. The van der Waals surface area contributed by atoms with E-state index in [0.717, 1.165) is 60.8 Å². The van der Waals surface area contributed by atoms with Gasteiger partial charge in [-0.3, -0.25) is 4.90 Å². The number of aryl methyl sites for hydroxylation is 1. The first-order valence-electron chi connectivity index (χ1n) is 9.81. The molecule has 0 radical (unpaired) electrons. The van der Waals surface area contributed by atoms with Gasteiger partial charge in [0.25, 0.3) is 0 Å². The number of nitrogens with zero attached hydrogens (tertiary/aromatic N) is 6. The van der Waals surface area contributed by atoms with Gasteiger partial charge in [-0.1, -0.05) is 5.16 Å². The van der Waals surface area contributed by atoms with E-state index < -0.39 is 0 Å². The van der Waals surface area contributed by atoms with Crippen LogP contribution >= 0.6 is 11.3 Å². The third-order valence-electron chi connectivity index (χ3n) is 5.12. The number of pyridine rings is 1. The standard InChI is InChI=1S/C20H22N8OS/c1-14-17(3-2-16(24-14)19-21-4-5-22-19)28-9-7-27(8-10-28)13-15-12-18(26-29-15)25-20-23-6-11-30-20/h2-6,11-12H,7-10,13H2,1H3,(H,21,22)(H,23,25,26). The van der Waals surface area contributed by atoms with E-state index in [1.165, 1.54) is 17.0 Å². The van der Waals surface area contributed by atoms with Crippen LogP contribution in [0.5, 0.6) is 0 Å². The van der Waals surface area contributed by atoms with Crippen molar-refractivity contribution >= 4 is 28.0 Å². The van der Waals surface area contributed by atoms with E-state index in [0.29, 0.717) is 5.82 Å². The van der Waals surface area contributed by atoms with Crippen molar-refractivity contribution in [2.75, 3.05) is 36.4 Å². The van der Waals surface area contributed by atoms with Gasteiger partial charge in [0.1, 0.15) is 5.69 Å². The molecule has 0 atom stereocenters. The number of piperazine rings is 1. The number of H-pyrrole nitrogens is 1. The maximum absolute atomic E-state index is 5.49. The maximum atomic E-state index is 5.49. The summed E-state index contributed by atoms with van der Waals surface area (Å²) >= 11 is 1.53. The SMILES string of the molecule is Cc1nc(-c2ncc[nH]2)ccc1N1CCN(Cc2cc(Nc3nccs3)no2)CC1. The summed E-state index contributed by atoms with van der Waals surface area (Å²) in [6.45, 7) is 6.60. The molecule has 4 aromatic heterocycles. The van der Waals surface area contributed by atoms with Gasteiger partial charge in [0, 0.05) is 56.2 Å². The second-order valence-corrected chi connectivity index (χ2v) is 8.04. The summed E-state index contributed by atoms with van der Waals surface area (Å²) < 4.78 is 5.49. The molecule has 0 amide bonds. The molecule has 1 fully saturated rings. The Kier molecular flexibility index (Phi) is 5.16. The molecule has 5 heterocycles. The Hall–Kier alpha value is -3.24. The van der Waals surface area contributed by atoms with Crippen LogP contribution in [-0.4, -0.2) is 56.2 Å². The van der Waals surface area contributed by atoms with E-state index in [1.54, 1.807) is 12.4 Å². The van der Waals surface area contributed by atoms with E-state index in [2.05, 4.69) is 48.2 Å². The highest BCUT2D eigenvalue weighted by Crippen LogP contribution is 2.24. The van der Waals surface area contributed by atoms with Crippen molar-refractivity contribution in [3.05, 3.63) is 53.6 Å². The lowest BCUT2D eigenvalue weighted by Gasteiger charge is -2.36. The van der Waals surface area contributed by atoms with Gasteiger partial charge in [0.15, 0.2) is 22.5 Å². The Morgan fingerprint density at radius 3 is 2.80 bits per heavy atom. The fourth-order valence-corrected chi connectivity index (χ4v) is 4.17. The number of hydrogen-bond donors (Lipinski definition) is 2. The highest BCUT2D eigenvalue weighted by atomic mass is 32.1. The summed E-state index contributed by atoms with van der Waals surface area (Å²) in [5.41, 5.74) is 3.07. The number of thiazole rings is 1. The average molecular weight is 423 g/mol. The molecule has 1 aliphatic heterocycles. The highest BCUT2D eigenvalue weighted by molar-refractivity contribution is 7.13. The minimum Gasteiger partial charge on any atom is -0.368 e. The number of aromatic nitrogens is 5. The van der Waals surface area contributed by atoms with Crippen molar-refractivity contribution in [2.24, 2.45) is 0 Å². The van der Waals surface area contributed by atoms with Crippen LogP contribution in [0.4, 0.5) is 16.6 Å². The molecular weight excluding hydrogens is 400 g/mol. The Morgan fingerprint density at radius 2 is 2.07 bits per heavy atom. The van der Waals surface area contributed by atoms with Crippen molar-refractivity contribution < 1.29 is 4.52 Å². The van der Waals surface area contributed by atoms with Crippen molar-refractivity contribution in [3.63, 3.8) is 0 Å². The second-order valence-electron chi connectivity index (χ2n) is 7.14. The van der Waals surface area contributed by atoms with Gasteiger partial charge < -0.3 is 19.7 Å². The van der Waals surface area contributed by atoms with Crippen LogP contribution in [0.15, 0.2) is 46.7 Å². The lowest BCUT2D eigenvalue weighted by molar-refractivity contribution is 0.220. The van der Waals surface area contributed by atoms with Gasteiger partial charge in [-0.05, 0) is 19.1 Å². The van der Waals surface area contributed by atoms with Crippen molar-refractivity contribution in [1.82, 2.24) is 30.0 Å². The van der Waals surface area contributed by atoms with Gasteiger partial charge >= 0.3 is 0 Å². The van der Waals surface area contributed by atoms with Gasteiger partial charge in [-0.25, -0.2) is 15.0 Å². The number of aromatic amines is 1. The molecule has 0 spiro atoms. The molecule has 154 valence electrons. The maximum Gasteiger partial charge on any atom is 0.188 e. The van der Waals surface area contributed by atoms with Gasteiger partial charge in [-0.2, -0.15) is 0 Å². The molecule has 4 aromatic rings. The van der Waals surface area contributed by atoms with Crippen LogP contribution < -0.4 is 10.2 Å². The average Bonchev–Trinajstić information content (AvgIpc) is 3.53. The van der Waals surface area contributed by atoms with E-state index in [9.17, 15) is 0 Å². The smallest absolute Gasteiger partial charge is 0.188 e. The Balaban J connectivity index is 1.17. The fourth-order valence-electron chi connectivity index (χ4n) is 3.63. The quantitative estimate of drug-likeness (QED) is 0.488. The Labute approximate surface area is 177 Å². The number of rotatable bonds is 6. The Morgan fingerprint density at radius 1 is 1.17 bits per heavy atom. The van der Waals surface area contributed by atoms with Gasteiger partial charge in [0.05, 0.1) is 17.9 Å². The topological polar surface area (TPSA) is 99.0 Å². The zero-order chi connectivity index (χ0) is 20.3.